The van der Waals surface area contributed by atoms with Gasteiger partial charge in [0, 0.05) is 17.8 Å². The standard InChI is InChI=1S/C17H13N3O4/c1-11-2-5-14(6-3-11)19-10-13(9-18-19)15-8-12(17(21)22)4-7-16(15)20(23)24/h2-10H,1H3,(H,21,22). The van der Waals surface area contributed by atoms with Crippen LogP contribution in [0.2, 0.25) is 0 Å². The van der Waals surface area contributed by atoms with E-state index in [1.54, 1.807) is 10.9 Å². The lowest BCUT2D eigenvalue weighted by atomic mass is 10.0. The number of aryl methyl sites for hydroxylation is 1. The summed E-state index contributed by atoms with van der Waals surface area (Å²) in [7, 11) is 0. The molecular weight excluding hydrogens is 310 g/mol. The molecule has 1 N–H and O–H groups in total. The molecule has 3 aromatic rings. The van der Waals surface area contributed by atoms with Crippen LogP contribution in [0.1, 0.15) is 15.9 Å². The average Bonchev–Trinajstić information content (AvgIpc) is 3.04. The van der Waals surface area contributed by atoms with E-state index >= 15 is 0 Å². The molecular formula is C17H13N3O4. The first-order valence-electron chi connectivity index (χ1n) is 7.09. The van der Waals surface area contributed by atoms with Gasteiger partial charge in [0.2, 0.25) is 0 Å². The van der Waals surface area contributed by atoms with Gasteiger partial charge in [-0.05, 0) is 31.2 Å². The van der Waals surface area contributed by atoms with Crippen molar-refractivity contribution in [3.05, 3.63) is 76.1 Å². The highest BCUT2D eigenvalue weighted by Gasteiger charge is 2.19. The van der Waals surface area contributed by atoms with Crippen LogP contribution in [0.5, 0.6) is 0 Å². The van der Waals surface area contributed by atoms with Crippen LogP contribution in [0.15, 0.2) is 54.9 Å². The van der Waals surface area contributed by atoms with Crippen LogP contribution in [0.3, 0.4) is 0 Å². The minimum atomic E-state index is -1.14. The predicted molar refractivity (Wildman–Crippen MR) is 87.4 cm³/mol. The minimum Gasteiger partial charge on any atom is -0.478 e. The molecule has 0 saturated heterocycles. The average molecular weight is 323 g/mol. The SMILES string of the molecule is Cc1ccc(-n2cc(-c3cc(C(=O)O)ccc3[N+](=O)[O-])cn2)cc1. The maximum Gasteiger partial charge on any atom is 0.335 e. The molecule has 0 aliphatic rings. The van der Waals surface area contributed by atoms with E-state index in [1.807, 2.05) is 31.2 Å². The summed E-state index contributed by atoms with van der Waals surface area (Å²) in [5.41, 5.74) is 2.44. The largest absolute Gasteiger partial charge is 0.478 e. The van der Waals surface area contributed by atoms with Crippen molar-refractivity contribution >= 4 is 11.7 Å². The number of hydrogen-bond acceptors (Lipinski definition) is 4. The highest BCUT2D eigenvalue weighted by molar-refractivity contribution is 5.91. The van der Waals surface area contributed by atoms with Crippen molar-refractivity contribution in [3.8, 4) is 16.8 Å². The number of carbonyl (C=O) groups is 1. The van der Waals surface area contributed by atoms with Crippen LogP contribution < -0.4 is 0 Å². The maximum atomic E-state index is 11.2. The summed E-state index contributed by atoms with van der Waals surface area (Å²) in [6.45, 7) is 1.97. The third-order valence-corrected chi connectivity index (χ3v) is 3.63. The van der Waals surface area contributed by atoms with E-state index in [1.165, 1.54) is 24.4 Å². The fraction of sp³-hybridized carbons (Fsp3) is 0.0588. The molecule has 0 radical (unpaired) electrons. The summed E-state index contributed by atoms with van der Waals surface area (Å²) in [6.07, 6.45) is 3.12. The molecule has 1 heterocycles. The quantitative estimate of drug-likeness (QED) is 0.585. The molecule has 2 aromatic carbocycles. The van der Waals surface area contributed by atoms with Crippen molar-refractivity contribution in [2.24, 2.45) is 0 Å². The third kappa shape index (κ3) is 2.87. The van der Waals surface area contributed by atoms with Crippen LogP contribution in [-0.4, -0.2) is 25.8 Å². The first kappa shape index (κ1) is 15.4. The van der Waals surface area contributed by atoms with Crippen molar-refractivity contribution in [2.45, 2.75) is 6.92 Å². The van der Waals surface area contributed by atoms with Gasteiger partial charge in [-0.2, -0.15) is 5.10 Å². The molecule has 24 heavy (non-hydrogen) atoms. The normalized spacial score (nSPS) is 10.5. The van der Waals surface area contributed by atoms with Crippen LogP contribution in [0, 0.1) is 17.0 Å². The van der Waals surface area contributed by atoms with E-state index in [0.29, 0.717) is 5.56 Å². The summed E-state index contributed by atoms with van der Waals surface area (Å²) in [5, 5.41) is 24.5. The summed E-state index contributed by atoms with van der Waals surface area (Å²) in [6, 6.07) is 11.3. The molecule has 0 saturated carbocycles. The van der Waals surface area contributed by atoms with Gasteiger partial charge < -0.3 is 5.11 Å². The molecule has 0 aliphatic heterocycles. The zero-order chi connectivity index (χ0) is 17.3. The fourth-order valence-corrected chi connectivity index (χ4v) is 2.36. The highest BCUT2D eigenvalue weighted by Crippen LogP contribution is 2.31. The second-order valence-electron chi connectivity index (χ2n) is 5.30. The van der Waals surface area contributed by atoms with Crippen molar-refractivity contribution in [1.82, 2.24) is 9.78 Å². The van der Waals surface area contributed by atoms with Gasteiger partial charge in [0.25, 0.3) is 5.69 Å². The summed E-state index contributed by atoms with van der Waals surface area (Å²) >= 11 is 0. The molecule has 0 atom stereocenters. The lowest BCUT2D eigenvalue weighted by molar-refractivity contribution is -0.384. The second-order valence-corrected chi connectivity index (χ2v) is 5.30. The van der Waals surface area contributed by atoms with Gasteiger partial charge >= 0.3 is 5.97 Å². The molecule has 0 aliphatic carbocycles. The van der Waals surface area contributed by atoms with E-state index in [-0.39, 0.29) is 16.8 Å². The molecule has 7 heteroatoms. The van der Waals surface area contributed by atoms with Crippen molar-refractivity contribution in [2.75, 3.05) is 0 Å². The number of aromatic nitrogens is 2. The molecule has 0 spiro atoms. The first-order chi connectivity index (χ1) is 11.5. The molecule has 3 rings (SSSR count). The lowest BCUT2D eigenvalue weighted by Gasteiger charge is -2.03. The van der Waals surface area contributed by atoms with E-state index in [9.17, 15) is 14.9 Å². The van der Waals surface area contributed by atoms with Gasteiger partial charge in [-0.25, -0.2) is 9.48 Å². The van der Waals surface area contributed by atoms with E-state index in [2.05, 4.69) is 5.10 Å². The molecule has 0 unspecified atom stereocenters. The molecule has 0 amide bonds. The van der Waals surface area contributed by atoms with Gasteiger partial charge in [0.15, 0.2) is 0 Å². The predicted octanol–water partition coefficient (Wildman–Crippen LogP) is 3.45. The number of nitro groups is 1. The number of carboxylic acids is 1. The Morgan fingerprint density at radius 1 is 1.21 bits per heavy atom. The Bertz CT molecular complexity index is 929. The van der Waals surface area contributed by atoms with Crippen molar-refractivity contribution < 1.29 is 14.8 Å². The molecule has 0 bridgehead atoms. The molecule has 7 nitrogen and oxygen atoms in total. The summed E-state index contributed by atoms with van der Waals surface area (Å²) in [4.78, 5) is 21.8. The van der Waals surface area contributed by atoms with Gasteiger partial charge in [0.05, 0.1) is 27.9 Å². The second kappa shape index (κ2) is 5.96. The zero-order valence-corrected chi connectivity index (χ0v) is 12.7. The summed E-state index contributed by atoms with van der Waals surface area (Å²) < 4.78 is 1.59. The Kier molecular flexibility index (Phi) is 3.83. The fourth-order valence-electron chi connectivity index (χ4n) is 2.36. The molecule has 120 valence electrons. The van der Waals surface area contributed by atoms with Crippen LogP contribution in [-0.2, 0) is 0 Å². The van der Waals surface area contributed by atoms with E-state index < -0.39 is 10.9 Å². The number of rotatable bonds is 4. The Morgan fingerprint density at radius 3 is 2.54 bits per heavy atom. The van der Waals surface area contributed by atoms with Crippen molar-refractivity contribution in [1.29, 1.82) is 0 Å². The van der Waals surface area contributed by atoms with Gasteiger partial charge in [-0.15, -0.1) is 0 Å². The number of nitrogens with zero attached hydrogens (tertiary/aromatic N) is 3. The summed E-state index contributed by atoms with van der Waals surface area (Å²) in [5.74, 6) is -1.14. The van der Waals surface area contributed by atoms with Crippen LogP contribution >= 0.6 is 0 Å². The smallest absolute Gasteiger partial charge is 0.335 e. The number of aromatic carboxylic acids is 1. The Hall–Kier alpha value is -3.48. The van der Waals surface area contributed by atoms with Gasteiger partial charge in [0.1, 0.15) is 0 Å². The number of benzene rings is 2. The van der Waals surface area contributed by atoms with Crippen molar-refractivity contribution in [3.63, 3.8) is 0 Å². The Morgan fingerprint density at radius 2 is 1.92 bits per heavy atom. The van der Waals surface area contributed by atoms with Gasteiger partial charge in [-0.3, -0.25) is 10.1 Å². The van der Waals surface area contributed by atoms with E-state index in [4.69, 9.17) is 5.11 Å². The Labute approximate surface area is 136 Å². The number of hydrogen-bond donors (Lipinski definition) is 1. The number of nitro benzene ring substituents is 1. The first-order valence-corrected chi connectivity index (χ1v) is 7.09. The monoisotopic (exact) mass is 323 g/mol. The van der Waals surface area contributed by atoms with Crippen LogP contribution in [0.25, 0.3) is 16.8 Å². The minimum absolute atomic E-state index is 0.0151. The lowest BCUT2D eigenvalue weighted by Crippen LogP contribution is -1.99. The number of carboxylic acid groups (broad SMARTS) is 1. The van der Waals surface area contributed by atoms with Gasteiger partial charge in [-0.1, -0.05) is 17.7 Å². The third-order valence-electron chi connectivity index (χ3n) is 3.63. The Balaban J connectivity index is 2.09. The topological polar surface area (TPSA) is 98.3 Å². The molecule has 1 aromatic heterocycles. The zero-order valence-electron chi connectivity index (χ0n) is 12.7. The molecule has 0 fully saturated rings. The maximum absolute atomic E-state index is 11.2. The van der Waals surface area contributed by atoms with Crippen LogP contribution in [0.4, 0.5) is 5.69 Å². The van der Waals surface area contributed by atoms with E-state index in [0.717, 1.165) is 11.3 Å². The highest BCUT2D eigenvalue weighted by atomic mass is 16.6.